The van der Waals surface area contributed by atoms with Crippen molar-refractivity contribution in [2.45, 2.75) is 6.42 Å². The topological polar surface area (TPSA) is 97.9 Å². The summed E-state index contributed by atoms with van der Waals surface area (Å²) in [6.07, 6.45) is 0.151. The molecule has 0 saturated heterocycles. The molecule has 2 rings (SSSR count). The summed E-state index contributed by atoms with van der Waals surface area (Å²) in [6, 6.07) is 13.7. The molecule has 0 aliphatic carbocycles. The summed E-state index contributed by atoms with van der Waals surface area (Å²) in [5, 5.41) is 2.48. The zero-order chi connectivity index (χ0) is 21.1. The zero-order valence-corrected chi connectivity index (χ0v) is 17.0. The van der Waals surface area contributed by atoms with E-state index in [1.165, 1.54) is 0 Å². The van der Waals surface area contributed by atoms with Crippen molar-refractivity contribution in [3.8, 4) is 11.5 Å². The van der Waals surface area contributed by atoms with E-state index in [0.29, 0.717) is 30.3 Å². The number of hydrogen-bond donors (Lipinski definition) is 3. The van der Waals surface area contributed by atoms with E-state index in [0.717, 1.165) is 5.56 Å². The number of methoxy groups -OCH3 is 2. The maximum Gasteiger partial charge on any atom is 0.257 e. The number of amides is 2. The van der Waals surface area contributed by atoms with Crippen LogP contribution in [-0.2, 0) is 16.0 Å². The van der Waals surface area contributed by atoms with Crippen LogP contribution < -0.4 is 25.6 Å². The summed E-state index contributed by atoms with van der Waals surface area (Å²) in [7, 11) is 3.17. The smallest absolute Gasteiger partial charge is 0.257 e. The molecule has 0 radical (unpaired) electrons. The highest BCUT2D eigenvalue weighted by atomic mass is 32.1. The van der Waals surface area contributed by atoms with Crippen LogP contribution >= 0.6 is 12.2 Å². The molecule has 0 aromatic heterocycles. The van der Waals surface area contributed by atoms with E-state index in [2.05, 4.69) is 16.2 Å². The standard InChI is InChI=1S/C20H23N3O5S/c1-26-11-12-28-17-9-5-15(6-10-17)19(25)21-20(29)23-22-18(24)13-14-3-7-16(27-2)8-4-14/h3-10H,11-13H2,1-2H3,(H,22,24)(H2,21,23,25,29). The molecule has 0 unspecified atom stereocenters. The first-order valence-electron chi connectivity index (χ1n) is 8.76. The van der Waals surface area contributed by atoms with E-state index >= 15 is 0 Å². The maximum atomic E-state index is 12.2. The van der Waals surface area contributed by atoms with Gasteiger partial charge >= 0.3 is 0 Å². The highest BCUT2D eigenvalue weighted by molar-refractivity contribution is 7.80. The first kappa shape index (κ1) is 22.1. The molecule has 0 spiro atoms. The van der Waals surface area contributed by atoms with Crippen molar-refractivity contribution < 1.29 is 23.8 Å². The molecule has 9 heteroatoms. The molecule has 0 heterocycles. The molecule has 0 aliphatic rings. The predicted octanol–water partition coefficient (Wildman–Crippen LogP) is 1.60. The monoisotopic (exact) mass is 417 g/mol. The van der Waals surface area contributed by atoms with Crippen molar-refractivity contribution in [1.82, 2.24) is 16.2 Å². The van der Waals surface area contributed by atoms with Crippen molar-refractivity contribution in [3.63, 3.8) is 0 Å². The summed E-state index contributed by atoms with van der Waals surface area (Å²) in [5.41, 5.74) is 6.17. The van der Waals surface area contributed by atoms with Crippen LogP contribution in [0.4, 0.5) is 0 Å². The molecule has 0 aliphatic heterocycles. The molecule has 0 atom stereocenters. The molecule has 0 bridgehead atoms. The first-order chi connectivity index (χ1) is 14.0. The fourth-order valence-corrected chi connectivity index (χ4v) is 2.40. The quantitative estimate of drug-likeness (QED) is 0.341. The number of thiocarbonyl (C=S) groups is 1. The van der Waals surface area contributed by atoms with Crippen molar-refractivity contribution >= 4 is 29.1 Å². The third-order valence-electron chi connectivity index (χ3n) is 3.74. The van der Waals surface area contributed by atoms with Gasteiger partial charge in [-0.2, -0.15) is 0 Å². The van der Waals surface area contributed by atoms with Crippen molar-refractivity contribution in [2.24, 2.45) is 0 Å². The lowest BCUT2D eigenvalue weighted by molar-refractivity contribution is -0.121. The lowest BCUT2D eigenvalue weighted by Crippen LogP contribution is -2.48. The number of rotatable bonds is 8. The highest BCUT2D eigenvalue weighted by Crippen LogP contribution is 2.12. The molecule has 2 aromatic rings. The fourth-order valence-electron chi connectivity index (χ4n) is 2.25. The second-order valence-electron chi connectivity index (χ2n) is 5.85. The number of hydrogen-bond acceptors (Lipinski definition) is 6. The fraction of sp³-hybridized carbons (Fsp3) is 0.250. The van der Waals surface area contributed by atoms with Crippen molar-refractivity contribution in [2.75, 3.05) is 27.4 Å². The second kappa shape index (κ2) is 11.6. The van der Waals surface area contributed by atoms with Gasteiger partial charge in [0.2, 0.25) is 5.91 Å². The van der Waals surface area contributed by atoms with Crippen LogP contribution in [0.2, 0.25) is 0 Å². The average molecular weight is 417 g/mol. The largest absolute Gasteiger partial charge is 0.497 e. The molecule has 0 saturated carbocycles. The Kier molecular flexibility index (Phi) is 8.87. The SMILES string of the molecule is COCCOc1ccc(C(=O)NC(=S)NNC(=O)Cc2ccc(OC)cc2)cc1. The van der Waals surface area contributed by atoms with Crippen molar-refractivity contribution in [3.05, 3.63) is 59.7 Å². The van der Waals surface area contributed by atoms with Gasteiger partial charge in [-0.05, 0) is 54.2 Å². The minimum absolute atomic E-state index is 0.0153. The van der Waals surface area contributed by atoms with Gasteiger partial charge in [0.1, 0.15) is 18.1 Å². The van der Waals surface area contributed by atoms with E-state index in [4.69, 9.17) is 26.4 Å². The van der Waals surface area contributed by atoms with Crippen LogP contribution in [0.15, 0.2) is 48.5 Å². The Balaban J connectivity index is 1.74. The van der Waals surface area contributed by atoms with Crippen LogP contribution in [-0.4, -0.2) is 44.4 Å². The summed E-state index contributed by atoms with van der Waals surface area (Å²) in [5.74, 6) is 0.635. The molecule has 0 fully saturated rings. The lowest BCUT2D eigenvalue weighted by Gasteiger charge is -2.11. The van der Waals surface area contributed by atoms with Crippen LogP contribution in [0, 0.1) is 0 Å². The van der Waals surface area contributed by atoms with E-state index < -0.39 is 5.91 Å². The minimum Gasteiger partial charge on any atom is -0.497 e. The molecule has 2 aromatic carbocycles. The highest BCUT2D eigenvalue weighted by Gasteiger charge is 2.09. The summed E-state index contributed by atoms with van der Waals surface area (Å²) in [6.45, 7) is 0.901. The normalized spacial score (nSPS) is 10.0. The van der Waals surface area contributed by atoms with Crippen LogP contribution in [0.5, 0.6) is 11.5 Å². The molecule has 2 amide bonds. The van der Waals surface area contributed by atoms with Gasteiger partial charge in [0.05, 0.1) is 20.1 Å². The third kappa shape index (κ3) is 7.76. The van der Waals surface area contributed by atoms with Gasteiger partial charge in [0.15, 0.2) is 5.11 Å². The van der Waals surface area contributed by atoms with Gasteiger partial charge < -0.3 is 14.2 Å². The Morgan fingerprint density at radius 1 is 0.897 bits per heavy atom. The molecule has 8 nitrogen and oxygen atoms in total. The van der Waals surface area contributed by atoms with Gasteiger partial charge in [0.25, 0.3) is 5.91 Å². The number of nitrogens with one attached hydrogen (secondary N) is 3. The van der Waals surface area contributed by atoms with E-state index in [1.54, 1.807) is 62.8 Å². The molecular weight excluding hydrogens is 394 g/mol. The van der Waals surface area contributed by atoms with Gasteiger partial charge in [-0.25, -0.2) is 0 Å². The molecular formula is C20H23N3O5S. The van der Waals surface area contributed by atoms with Gasteiger partial charge in [0, 0.05) is 12.7 Å². The first-order valence-corrected chi connectivity index (χ1v) is 9.17. The van der Waals surface area contributed by atoms with Crippen LogP contribution in [0.25, 0.3) is 0 Å². The van der Waals surface area contributed by atoms with Gasteiger partial charge in [-0.1, -0.05) is 12.1 Å². The van der Waals surface area contributed by atoms with E-state index in [-0.39, 0.29) is 17.4 Å². The number of carbonyl (C=O) groups excluding carboxylic acids is 2. The number of carbonyl (C=O) groups is 2. The summed E-state index contributed by atoms with van der Waals surface area (Å²) < 4.78 is 15.4. The number of hydrazine groups is 1. The lowest BCUT2D eigenvalue weighted by atomic mass is 10.1. The van der Waals surface area contributed by atoms with Crippen LogP contribution in [0.1, 0.15) is 15.9 Å². The Bertz CT molecular complexity index is 825. The Labute approximate surface area is 174 Å². The average Bonchev–Trinajstić information content (AvgIpc) is 2.73. The van der Waals surface area contributed by atoms with Crippen molar-refractivity contribution in [1.29, 1.82) is 0 Å². The summed E-state index contributed by atoms with van der Waals surface area (Å²) >= 11 is 5.03. The maximum absolute atomic E-state index is 12.2. The molecule has 154 valence electrons. The Morgan fingerprint density at radius 2 is 1.55 bits per heavy atom. The molecule has 29 heavy (non-hydrogen) atoms. The molecule has 3 N–H and O–H groups in total. The minimum atomic E-state index is -0.407. The predicted molar refractivity (Wildman–Crippen MR) is 112 cm³/mol. The second-order valence-corrected chi connectivity index (χ2v) is 6.26. The van der Waals surface area contributed by atoms with Crippen LogP contribution in [0.3, 0.4) is 0 Å². The Hall–Kier alpha value is -3.17. The van der Waals surface area contributed by atoms with E-state index in [1.807, 2.05) is 0 Å². The zero-order valence-electron chi connectivity index (χ0n) is 16.2. The summed E-state index contributed by atoms with van der Waals surface area (Å²) in [4.78, 5) is 24.2. The Morgan fingerprint density at radius 3 is 2.17 bits per heavy atom. The number of benzene rings is 2. The van der Waals surface area contributed by atoms with Gasteiger partial charge in [-0.3, -0.25) is 25.8 Å². The number of ether oxygens (including phenoxy) is 3. The van der Waals surface area contributed by atoms with Gasteiger partial charge in [-0.15, -0.1) is 0 Å². The third-order valence-corrected chi connectivity index (χ3v) is 3.94. The van der Waals surface area contributed by atoms with E-state index in [9.17, 15) is 9.59 Å².